The topological polar surface area (TPSA) is 116 Å². The van der Waals surface area contributed by atoms with Crippen molar-refractivity contribution in [3.05, 3.63) is 60.1 Å². The summed E-state index contributed by atoms with van der Waals surface area (Å²) in [7, 11) is -3.42. The number of nitrogens with two attached hydrogens (primary N) is 1. The fraction of sp³-hybridized carbons (Fsp3) is 0.263. The molecule has 3 aromatic rings. The van der Waals surface area contributed by atoms with Crippen LogP contribution in [0.3, 0.4) is 0 Å². The zero-order chi connectivity index (χ0) is 19.7. The van der Waals surface area contributed by atoms with E-state index in [4.69, 9.17) is 15.0 Å². The van der Waals surface area contributed by atoms with Crippen molar-refractivity contribution in [1.82, 2.24) is 9.99 Å². The molecule has 1 saturated heterocycles. The molecule has 1 fully saturated rings. The van der Waals surface area contributed by atoms with Gasteiger partial charge in [-0.05, 0) is 36.2 Å². The third-order valence-corrected chi connectivity index (χ3v) is 6.90. The highest BCUT2D eigenvalue weighted by Crippen LogP contribution is 2.23. The molecule has 0 saturated carbocycles. The Labute approximate surface area is 161 Å². The van der Waals surface area contributed by atoms with E-state index in [1.807, 2.05) is 0 Å². The average molecular weight is 401 g/mol. The average Bonchev–Trinajstić information content (AvgIpc) is 3.38. The van der Waals surface area contributed by atoms with Crippen molar-refractivity contribution in [3.63, 3.8) is 0 Å². The van der Waals surface area contributed by atoms with Gasteiger partial charge in [-0.25, -0.2) is 14.3 Å². The summed E-state index contributed by atoms with van der Waals surface area (Å²) in [6.45, 7) is 0.799. The maximum atomic E-state index is 12.6. The number of ether oxygens (including phenoxy) is 1. The second-order valence-electron chi connectivity index (χ2n) is 6.63. The van der Waals surface area contributed by atoms with Crippen molar-refractivity contribution < 1.29 is 22.4 Å². The molecule has 1 aliphatic heterocycles. The summed E-state index contributed by atoms with van der Waals surface area (Å²) in [4.78, 5) is 16.7. The number of aromatic nitrogens is 1. The molecule has 3 heterocycles. The van der Waals surface area contributed by atoms with E-state index in [0.29, 0.717) is 24.2 Å². The van der Waals surface area contributed by atoms with E-state index in [0.717, 1.165) is 10.4 Å². The Bertz CT molecular complexity index is 1070. The van der Waals surface area contributed by atoms with Crippen LogP contribution in [0.5, 0.6) is 0 Å². The molecule has 8 nitrogen and oxygen atoms in total. The second kappa shape index (κ2) is 7.34. The number of amides is 1. The second-order valence-corrected chi connectivity index (χ2v) is 8.86. The number of nitrogens with zero attached hydrogens (tertiary/aromatic N) is 2. The largest absolute Gasteiger partial charge is 0.449 e. The molecule has 0 bridgehead atoms. The minimum absolute atomic E-state index is 0.112. The number of hydrogen-bond donors (Lipinski definition) is 1. The van der Waals surface area contributed by atoms with Gasteiger partial charge < -0.3 is 9.15 Å². The van der Waals surface area contributed by atoms with Crippen molar-refractivity contribution in [2.75, 3.05) is 13.2 Å². The van der Waals surface area contributed by atoms with Crippen LogP contribution in [-0.4, -0.2) is 42.8 Å². The molecule has 146 valence electrons. The number of hydrogen-bond acceptors (Lipinski definition) is 7. The Kier molecular flexibility index (Phi) is 4.88. The van der Waals surface area contributed by atoms with E-state index in [2.05, 4.69) is 4.98 Å². The van der Waals surface area contributed by atoms with E-state index in [1.165, 1.54) is 18.3 Å². The normalized spacial score (nSPS) is 17.1. The molecule has 28 heavy (non-hydrogen) atoms. The molecular weight excluding hydrogens is 382 g/mol. The Morgan fingerprint density at radius 2 is 2.04 bits per heavy atom. The predicted octanol–water partition coefficient (Wildman–Crippen LogP) is 1.91. The van der Waals surface area contributed by atoms with Gasteiger partial charge in [0.15, 0.2) is 21.2 Å². The Morgan fingerprint density at radius 1 is 1.25 bits per heavy atom. The summed E-state index contributed by atoms with van der Waals surface area (Å²) >= 11 is 0. The number of hydrazine groups is 1. The van der Waals surface area contributed by atoms with Crippen molar-refractivity contribution in [2.45, 2.75) is 23.1 Å². The zero-order valence-corrected chi connectivity index (χ0v) is 15.8. The van der Waals surface area contributed by atoms with Gasteiger partial charge in [-0.15, -0.1) is 0 Å². The van der Waals surface area contributed by atoms with E-state index in [9.17, 15) is 13.2 Å². The molecule has 9 heteroatoms. The lowest BCUT2D eigenvalue weighted by Crippen LogP contribution is -2.36. The third-order valence-electron chi connectivity index (χ3n) is 4.73. The third kappa shape index (κ3) is 3.51. The number of benzene rings is 1. The summed E-state index contributed by atoms with van der Waals surface area (Å²) < 4.78 is 35.8. The van der Waals surface area contributed by atoms with Crippen LogP contribution in [0.25, 0.3) is 11.0 Å². The first kappa shape index (κ1) is 18.6. The maximum absolute atomic E-state index is 12.6. The SMILES string of the molecule is NN(Cc1ccc(S(=O)(=O)[C@H]2CCOC2)cc1)C(=O)c1cc2ccncc2o1. The van der Waals surface area contributed by atoms with Crippen LogP contribution >= 0.6 is 0 Å². The lowest BCUT2D eigenvalue weighted by molar-refractivity contribution is 0.0713. The van der Waals surface area contributed by atoms with Crippen molar-refractivity contribution in [3.8, 4) is 0 Å². The van der Waals surface area contributed by atoms with Crippen molar-refractivity contribution >= 4 is 26.7 Å². The molecule has 2 N–H and O–H groups in total. The van der Waals surface area contributed by atoms with Crippen LogP contribution in [0.15, 0.2) is 58.1 Å². The molecule has 0 aliphatic carbocycles. The van der Waals surface area contributed by atoms with Gasteiger partial charge in [0.05, 0.1) is 29.5 Å². The molecule has 1 atom stereocenters. The Balaban J connectivity index is 1.47. The van der Waals surface area contributed by atoms with Gasteiger partial charge >= 0.3 is 5.91 Å². The molecule has 1 aromatic carbocycles. The molecule has 0 spiro atoms. The van der Waals surface area contributed by atoms with Crippen molar-refractivity contribution in [2.24, 2.45) is 5.84 Å². The van der Waals surface area contributed by atoms with E-state index < -0.39 is 21.0 Å². The standard InChI is InChI=1S/C19H19N3O5S/c20-22(19(23)17-9-14-5-7-21-10-18(14)27-17)11-13-1-3-15(4-2-13)28(24,25)16-6-8-26-12-16/h1-5,7,9-10,16H,6,8,11-12,20H2/t16-/m0/s1. The first-order valence-corrected chi connectivity index (χ1v) is 10.3. The minimum atomic E-state index is -3.42. The number of pyridine rings is 1. The molecule has 1 aliphatic rings. The van der Waals surface area contributed by atoms with Crippen LogP contribution in [0, 0.1) is 0 Å². The lowest BCUT2D eigenvalue weighted by atomic mass is 10.2. The van der Waals surface area contributed by atoms with E-state index >= 15 is 0 Å². The van der Waals surface area contributed by atoms with E-state index in [1.54, 1.807) is 30.5 Å². The number of furan rings is 1. The smallest absolute Gasteiger partial charge is 0.303 e. The van der Waals surface area contributed by atoms with Gasteiger partial charge in [0.25, 0.3) is 0 Å². The van der Waals surface area contributed by atoms with Gasteiger partial charge in [0, 0.05) is 18.2 Å². The van der Waals surface area contributed by atoms with Crippen LogP contribution in [-0.2, 0) is 21.1 Å². The van der Waals surface area contributed by atoms with Gasteiger partial charge in [-0.2, -0.15) is 0 Å². The Morgan fingerprint density at radius 3 is 2.71 bits per heavy atom. The summed E-state index contributed by atoms with van der Waals surface area (Å²) in [5, 5.41) is 1.28. The van der Waals surface area contributed by atoms with Gasteiger partial charge in [0.1, 0.15) is 0 Å². The Hall–Kier alpha value is -2.75. The minimum Gasteiger partial charge on any atom is -0.449 e. The molecule has 0 unspecified atom stereocenters. The van der Waals surface area contributed by atoms with Crippen LogP contribution in [0.2, 0.25) is 0 Å². The lowest BCUT2D eigenvalue weighted by Gasteiger charge is -2.16. The molecule has 2 aromatic heterocycles. The van der Waals surface area contributed by atoms with Gasteiger partial charge in [-0.3, -0.25) is 14.8 Å². The highest BCUT2D eigenvalue weighted by Gasteiger charge is 2.31. The maximum Gasteiger partial charge on any atom is 0.303 e. The monoisotopic (exact) mass is 401 g/mol. The molecule has 4 rings (SSSR count). The highest BCUT2D eigenvalue weighted by atomic mass is 32.2. The number of carbonyl (C=O) groups is 1. The molecular formula is C19H19N3O5S. The van der Waals surface area contributed by atoms with Crippen molar-refractivity contribution in [1.29, 1.82) is 0 Å². The number of fused-ring (bicyclic) bond motifs is 1. The van der Waals surface area contributed by atoms with Gasteiger partial charge in [0.2, 0.25) is 0 Å². The van der Waals surface area contributed by atoms with Crippen LogP contribution in [0.1, 0.15) is 22.5 Å². The first-order valence-electron chi connectivity index (χ1n) is 8.76. The summed E-state index contributed by atoms with van der Waals surface area (Å²) in [6, 6.07) is 9.72. The van der Waals surface area contributed by atoms with E-state index in [-0.39, 0.29) is 23.8 Å². The first-order chi connectivity index (χ1) is 13.4. The fourth-order valence-corrected chi connectivity index (χ4v) is 4.72. The van der Waals surface area contributed by atoms with Crippen LogP contribution in [0.4, 0.5) is 0 Å². The highest BCUT2D eigenvalue weighted by molar-refractivity contribution is 7.92. The summed E-state index contributed by atoms with van der Waals surface area (Å²) in [6.07, 6.45) is 3.64. The quantitative estimate of drug-likeness (QED) is 0.394. The summed E-state index contributed by atoms with van der Waals surface area (Å²) in [5.74, 6) is 5.54. The number of carbonyl (C=O) groups excluding carboxylic acids is 1. The molecule has 0 radical (unpaired) electrons. The molecule has 1 amide bonds. The summed E-state index contributed by atoms with van der Waals surface area (Å²) in [5.41, 5.74) is 1.21. The predicted molar refractivity (Wildman–Crippen MR) is 101 cm³/mol. The number of rotatable bonds is 5. The van der Waals surface area contributed by atoms with Gasteiger partial charge in [-0.1, -0.05) is 12.1 Å². The van der Waals surface area contributed by atoms with Crippen LogP contribution < -0.4 is 5.84 Å². The zero-order valence-electron chi connectivity index (χ0n) is 14.9. The fourth-order valence-electron chi connectivity index (χ4n) is 3.13. The number of sulfone groups is 1.